The van der Waals surface area contributed by atoms with Crippen LogP contribution in [0, 0.1) is 3.57 Å². The normalized spacial score (nSPS) is 10.6. The Bertz CT molecular complexity index is 535. The van der Waals surface area contributed by atoms with Crippen LogP contribution in [-0.2, 0) is 4.74 Å². The Hall–Kier alpha value is -0.560. The standard InChI is InChI=1S/C10H7BrINO2/c1-15-10(14)9-8(12)7-5(11)3-2-4-6(7)13-9/h2-4,13H,1H3. The number of halogens is 2. The number of fused-ring (bicyclic) bond motifs is 1. The third kappa shape index (κ3) is 1.78. The molecule has 2 aromatic rings. The van der Waals surface area contributed by atoms with Gasteiger partial charge in [-0.1, -0.05) is 22.0 Å². The number of rotatable bonds is 1. The van der Waals surface area contributed by atoms with Gasteiger partial charge in [-0.2, -0.15) is 0 Å². The maximum absolute atomic E-state index is 11.4. The number of nitrogens with one attached hydrogen (secondary N) is 1. The molecule has 0 bridgehead atoms. The number of aromatic nitrogens is 1. The zero-order valence-corrected chi connectivity index (χ0v) is 11.5. The van der Waals surface area contributed by atoms with Gasteiger partial charge in [0.2, 0.25) is 0 Å². The van der Waals surface area contributed by atoms with Gasteiger partial charge in [0.25, 0.3) is 0 Å². The second-order valence-electron chi connectivity index (χ2n) is 2.97. The van der Waals surface area contributed by atoms with Crippen LogP contribution in [-0.4, -0.2) is 18.1 Å². The third-order valence-corrected chi connectivity index (χ3v) is 3.84. The summed E-state index contributed by atoms with van der Waals surface area (Å²) in [6.07, 6.45) is 0. The van der Waals surface area contributed by atoms with Crippen molar-refractivity contribution in [1.29, 1.82) is 0 Å². The minimum atomic E-state index is -0.345. The van der Waals surface area contributed by atoms with Crippen LogP contribution in [0.2, 0.25) is 0 Å². The summed E-state index contributed by atoms with van der Waals surface area (Å²) in [6, 6.07) is 5.79. The summed E-state index contributed by atoms with van der Waals surface area (Å²) in [7, 11) is 1.37. The lowest BCUT2D eigenvalue weighted by Crippen LogP contribution is -2.03. The van der Waals surface area contributed by atoms with Gasteiger partial charge in [0, 0.05) is 15.4 Å². The summed E-state index contributed by atoms with van der Waals surface area (Å²) in [6.45, 7) is 0. The Kier molecular flexibility index (Phi) is 3.01. The lowest BCUT2D eigenvalue weighted by Gasteiger charge is -1.95. The van der Waals surface area contributed by atoms with Gasteiger partial charge in [0.1, 0.15) is 5.69 Å². The molecule has 78 valence electrons. The molecule has 0 atom stereocenters. The molecule has 0 aliphatic carbocycles. The molecule has 0 saturated carbocycles. The summed E-state index contributed by atoms with van der Waals surface area (Å²) in [4.78, 5) is 14.5. The number of aromatic amines is 1. The van der Waals surface area contributed by atoms with Gasteiger partial charge in [-0.3, -0.25) is 0 Å². The smallest absolute Gasteiger partial charge is 0.355 e. The molecule has 15 heavy (non-hydrogen) atoms. The van der Waals surface area contributed by atoms with Crippen molar-refractivity contribution < 1.29 is 9.53 Å². The molecule has 0 aliphatic heterocycles. The maximum Gasteiger partial charge on any atom is 0.355 e. The van der Waals surface area contributed by atoms with E-state index in [4.69, 9.17) is 4.74 Å². The highest BCUT2D eigenvalue weighted by Gasteiger charge is 2.17. The van der Waals surface area contributed by atoms with E-state index in [2.05, 4.69) is 43.5 Å². The molecule has 1 N–H and O–H groups in total. The highest BCUT2D eigenvalue weighted by molar-refractivity contribution is 14.1. The van der Waals surface area contributed by atoms with Crippen molar-refractivity contribution in [2.24, 2.45) is 0 Å². The fourth-order valence-electron chi connectivity index (χ4n) is 1.41. The van der Waals surface area contributed by atoms with Crippen LogP contribution >= 0.6 is 38.5 Å². The van der Waals surface area contributed by atoms with Crippen LogP contribution in [0.25, 0.3) is 10.9 Å². The van der Waals surface area contributed by atoms with E-state index in [1.54, 1.807) is 0 Å². The van der Waals surface area contributed by atoms with Crippen LogP contribution in [0.5, 0.6) is 0 Å². The number of carbonyl (C=O) groups excluding carboxylic acids is 1. The topological polar surface area (TPSA) is 42.1 Å². The van der Waals surface area contributed by atoms with Crippen LogP contribution in [0.3, 0.4) is 0 Å². The molecule has 3 nitrogen and oxygen atoms in total. The number of hydrogen-bond acceptors (Lipinski definition) is 2. The Morgan fingerprint density at radius 2 is 2.27 bits per heavy atom. The van der Waals surface area contributed by atoms with Gasteiger partial charge in [0.05, 0.1) is 10.7 Å². The number of benzene rings is 1. The van der Waals surface area contributed by atoms with Crippen molar-refractivity contribution >= 4 is 55.4 Å². The van der Waals surface area contributed by atoms with E-state index in [9.17, 15) is 4.79 Å². The molecule has 1 heterocycles. The molecule has 0 radical (unpaired) electrons. The lowest BCUT2D eigenvalue weighted by molar-refractivity contribution is 0.0594. The minimum Gasteiger partial charge on any atom is -0.464 e. The molecule has 0 aliphatic rings. The summed E-state index contributed by atoms with van der Waals surface area (Å²) >= 11 is 5.59. The van der Waals surface area contributed by atoms with Gasteiger partial charge in [-0.15, -0.1) is 0 Å². The van der Waals surface area contributed by atoms with Crippen molar-refractivity contribution in [3.8, 4) is 0 Å². The number of H-pyrrole nitrogens is 1. The fourth-order valence-corrected chi connectivity index (χ4v) is 3.28. The van der Waals surface area contributed by atoms with Gasteiger partial charge in [-0.05, 0) is 34.7 Å². The van der Waals surface area contributed by atoms with Crippen molar-refractivity contribution in [3.05, 3.63) is 31.9 Å². The van der Waals surface area contributed by atoms with Crippen LogP contribution in [0.15, 0.2) is 22.7 Å². The first-order valence-electron chi connectivity index (χ1n) is 4.19. The summed E-state index contributed by atoms with van der Waals surface area (Å²) < 4.78 is 6.54. The Labute approximate surface area is 108 Å². The molecule has 0 unspecified atom stereocenters. The van der Waals surface area contributed by atoms with Crippen molar-refractivity contribution in [3.63, 3.8) is 0 Å². The highest BCUT2D eigenvalue weighted by atomic mass is 127. The summed E-state index contributed by atoms with van der Waals surface area (Å²) in [5, 5.41) is 1.01. The van der Waals surface area contributed by atoms with E-state index < -0.39 is 0 Å². The second-order valence-corrected chi connectivity index (χ2v) is 4.90. The third-order valence-electron chi connectivity index (χ3n) is 2.10. The molecule has 1 aromatic carbocycles. The molecule has 2 rings (SSSR count). The fraction of sp³-hybridized carbons (Fsp3) is 0.100. The van der Waals surface area contributed by atoms with E-state index in [0.717, 1.165) is 18.9 Å². The summed E-state index contributed by atoms with van der Waals surface area (Å²) in [5.74, 6) is -0.345. The number of hydrogen-bond donors (Lipinski definition) is 1. The SMILES string of the molecule is COC(=O)c1[nH]c2cccc(Br)c2c1I. The Morgan fingerprint density at radius 1 is 1.53 bits per heavy atom. The molecule has 0 amide bonds. The lowest BCUT2D eigenvalue weighted by atomic mass is 10.2. The first-order chi connectivity index (χ1) is 7.15. The quantitative estimate of drug-likeness (QED) is 0.610. The van der Waals surface area contributed by atoms with E-state index >= 15 is 0 Å². The minimum absolute atomic E-state index is 0.345. The number of esters is 1. The van der Waals surface area contributed by atoms with E-state index in [1.165, 1.54) is 7.11 Å². The summed E-state index contributed by atoms with van der Waals surface area (Å²) in [5.41, 5.74) is 1.43. The first-order valence-corrected chi connectivity index (χ1v) is 6.06. The Balaban J connectivity index is 2.75. The molecule has 0 spiro atoms. The predicted octanol–water partition coefficient (Wildman–Crippen LogP) is 3.32. The average molecular weight is 380 g/mol. The zero-order valence-electron chi connectivity index (χ0n) is 7.80. The number of ether oxygens (including phenoxy) is 1. The van der Waals surface area contributed by atoms with E-state index in [-0.39, 0.29) is 5.97 Å². The molecule has 5 heteroatoms. The van der Waals surface area contributed by atoms with Crippen LogP contribution in [0.1, 0.15) is 10.5 Å². The second kappa shape index (κ2) is 4.13. The van der Waals surface area contributed by atoms with Gasteiger partial charge >= 0.3 is 5.97 Å². The van der Waals surface area contributed by atoms with Crippen molar-refractivity contribution in [1.82, 2.24) is 4.98 Å². The highest BCUT2D eigenvalue weighted by Crippen LogP contribution is 2.30. The molecule has 0 saturated heterocycles. The number of carbonyl (C=O) groups is 1. The first kappa shape index (κ1) is 10.9. The molecule has 1 aromatic heterocycles. The van der Waals surface area contributed by atoms with E-state index in [1.807, 2.05) is 18.2 Å². The van der Waals surface area contributed by atoms with Crippen LogP contribution < -0.4 is 0 Å². The molecular weight excluding hydrogens is 373 g/mol. The predicted molar refractivity (Wildman–Crippen MR) is 70.1 cm³/mol. The van der Waals surface area contributed by atoms with Gasteiger partial charge in [-0.25, -0.2) is 4.79 Å². The van der Waals surface area contributed by atoms with Gasteiger partial charge in [0.15, 0.2) is 0 Å². The van der Waals surface area contributed by atoms with Crippen molar-refractivity contribution in [2.45, 2.75) is 0 Å². The van der Waals surface area contributed by atoms with E-state index in [0.29, 0.717) is 5.69 Å². The monoisotopic (exact) mass is 379 g/mol. The molecule has 0 fully saturated rings. The van der Waals surface area contributed by atoms with Gasteiger partial charge < -0.3 is 9.72 Å². The average Bonchev–Trinajstić information content (AvgIpc) is 2.56. The molecular formula is C10H7BrINO2. The van der Waals surface area contributed by atoms with Crippen LogP contribution in [0.4, 0.5) is 0 Å². The Morgan fingerprint density at radius 3 is 2.87 bits per heavy atom. The van der Waals surface area contributed by atoms with Crippen molar-refractivity contribution in [2.75, 3.05) is 7.11 Å². The zero-order chi connectivity index (χ0) is 11.0. The largest absolute Gasteiger partial charge is 0.464 e. The maximum atomic E-state index is 11.4. The number of methoxy groups -OCH3 is 1.